The van der Waals surface area contributed by atoms with Crippen molar-refractivity contribution in [2.45, 2.75) is 58.2 Å². The second-order valence-electron chi connectivity index (χ2n) is 10.0. The third-order valence-corrected chi connectivity index (χ3v) is 7.16. The highest BCUT2D eigenvalue weighted by atomic mass is 32.1. The minimum atomic E-state index is -0.675. The normalized spacial score (nSPS) is 14.5. The van der Waals surface area contributed by atoms with E-state index in [9.17, 15) is 14.4 Å². The number of thiazole rings is 1. The van der Waals surface area contributed by atoms with Crippen LogP contribution in [-0.4, -0.2) is 102 Å². The molecule has 1 aliphatic heterocycles. The van der Waals surface area contributed by atoms with Crippen molar-refractivity contribution in [3.05, 3.63) is 34.3 Å². The van der Waals surface area contributed by atoms with Gasteiger partial charge in [0.2, 0.25) is 5.91 Å². The van der Waals surface area contributed by atoms with Crippen LogP contribution in [0.2, 0.25) is 0 Å². The molecule has 4 amide bonds. The molecular weight excluding hydrogens is 536 g/mol. The fourth-order valence-corrected chi connectivity index (χ4v) is 4.52. The van der Waals surface area contributed by atoms with Gasteiger partial charge >= 0.3 is 12.1 Å². The number of unbranched alkanes of at least 4 members (excludes halogenated alkanes) is 1. The molecule has 1 saturated heterocycles. The number of nitrogens with zero attached hydrogens (tertiary/aromatic N) is 4. The standard InChI is InChI=1S/C26H42N8O5S/c1-19(2)23-30-14-20(31-23)16-33(3)25(36)32-22(6-9-34-10-12-38-13-11-34)24(35)28-7-4-5-8-29-26(37)39-17-21-15-27-18-40-21/h14-15,18-19,22H,4-13,16-17H2,1-3H3,(H,28,35)(H,29,37)(H,30,31)(H,32,36)/t22-/m0/s1. The van der Waals surface area contributed by atoms with Crippen molar-refractivity contribution < 1.29 is 23.9 Å². The first-order chi connectivity index (χ1) is 19.3. The van der Waals surface area contributed by atoms with Gasteiger partial charge in [-0.2, -0.15) is 0 Å². The third-order valence-electron chi connectivity index (χ3n) is 6.40. The van der Waals surface area contributed by atoms with E-state index in [0.29, 0.717) is 58.7 Å². The van der Waals surface area contributed by atoms with Crippen LogP contribution < -0.4 is 16.0 Å². The highest BCUT2D eigenvalue weighted by Crippen LogP contribution is 2.11. The SMILES string of the molecule is CC(C)c1ncc(CN(C)C(=O)N[C@@H](CCN2CCOCC2)C(=O)NCCCCNC(=O)OCc2cncs2)[nH]1. The van der Waals surface area contributed by atoms with E-state index < -0.39 is 12.1 Å². The largest absolute Gasteiger partial charge is 0.444 e. The molecule has 0 aromatic carbocycles. The molecule has 3 heterocycles. The van der Waals surface area contributed by atoms with E-state index in [-0.39, 0.29) is 24.5 Å². The Morgan fingerprint density at radius 3 is 2.60 bits per heavy atom. The Morgan fingerprint density at radius 1 is 1.18 bits per heavy atom. The molecule has 0 aliphatic carbocycles. The molecule has 2 aromatic rings. The van der Waals surface area contributed by atoms with Gasteiger partial charge in [0.1, 0.15) is 18.5 Å². The summed E-state index contributed by atoms with van der Waals surface area (Å²) in [5.41, 5.74) is 2.52. The van der Waals surface area contributed by atoms with Crippen LogP contribution >= 0.6 is 11.3 Å². The van der Waals surface area contributed by atoms with E-state index in [2.05, 4.69) is 35.8 Å². The lowest BCUT2D eigenvalue weighted by Gasteiger charge is -2.29. The summed E-state index contributed by atoms with van der Waals surface area (Å²) in [4.78, 5) is 54.0. The Balaban J connectivity index is 1.40. The van der Waals surface area contributed by atoms with Crippen LogP contribution in [0.15, 0.2) is 17.9 Å². The summed E-state index contributed by atoms with van der Waals surface area (Å²) < 4.78 is 10.5. The van der Waals surface area contributed by atoms with Gasteiger partial charge in [-0.1, -0.05) is 13.8 Å². The highest BCUT2D eigenvalue weighted by Gasteiger charge is 2.24. The Hall–Kier alpha value is -3.23. The summed E-state index contributed by atoms with van der Waals surface area (Å²) in [7, 11) is 1.69. The van der Waals surface area contributed by atoms with E-state index in [4.69, 9.17) is 9.47 Å². The molecule has 40 heavy (non-hydrogen) atoms. The van der Waals surface area contributed by atoms with Crippen molar-refractivity contribution in [2.24, 2.45) is 0 Å². The lowest BCUT2D eigenvalue weighted by molar-refractivity contribution is -0.123. The van der Waals surface area contributed by atoms with Crippen LogP contribution in [0.4, 0.5) is 9.59 Å². The summed E-state index contributed by atoms with van der Waals surface area (Å²) in [6.07, 6.45) is 4.74. The maximum atomic E-state index is 13.1. The van der Waals surface area contributed by atoms with Gasteiger partial charge in [-0.05, 0) is 19.3 Å². The molecule has 4 N–H and O–H groups in total. The number of amides is 4. The zero-order chi connectivity index (χ0) is 28.7. The van der Waals surface area contributed by atoms with Crippen molar-refractivity contribution in [3.8, 4) is 0 Å². The summed E-state index contributed by atoms with van der Waals surface area (Å²) in [6.45, 7) is 9.14. The summed E-state index contributed by atoms with van der Waals surface area (Å²) in [6, 6.07) is -1.01. The van der Waals surface area contributed by atoms with Crippen LogP contribution in [0.1, 0.15) is 55.4 Å². The Bertz CT molecular complexity index is 1040. The van der Waals surface area contributed by atoms with Gasteiger partial charge in [0.15, 0.2) is 0 Å². The first-order valence-electron chi connectivity index (χ1n) is 13.7. The molecule has 2 aromatic heterocycles. The number of hydrogen-bond donors (Lipinski definition) is 4. The molecule has 13 nitrogen and oxygen atoms in total. The van der Waals surface area contributed by atoms with E-state index in [1.54, 1.807) is 25.0 Å². The van der Waals surface area contributed by atoms with Crippen molar-refractivity contribution >= 4 is 29.4 Å². The van der Waals surface area contributed by atoms with Gasteiger partial charge in [-0.3, -0.25) is 14.7 Å². The first-order valence-corrected chi connectivity index (χ1v) is 14.6. The minimum Gasteiger partial charge on any atom is -0.444 e. The predicted octanol–water partition coefficient (Wildman–Crippen LogP) is 2.04. The van der Waals surface area contributed by atoms with Crippen LogP contribution in [0.5, 0.6) is 0 Å². The number of alkyl carbamates (subject to hydrolysis) is 1. The molecule has 14 heteroatoms. The minimum absolute atomic E-state index is 0.195. The number of carbonyl (C=O) groups is 3. The van der Waals surface area contributed by atoms with E-state index >= 15 is 0 Å². The molecule has 0 bridgehead atoms. The van der Waals surface area contributed by atoms with Crippen LogP contribution in [-0.2, 0) is 27.4 Å². The molecular formula is C26H42N8O5S. The molecule has 1 atom stereocenters. The maximum Gasteiger partial charge on any atom is 0.407 e. The number of nitrogens with one attached hydrogen (secondary N) is 4. The fraction of sp³-hybridized carbons (Fsp3) is 0.654. The summed E-state index contributed by atoms with van der Waals surface area (Å²) in [5, 5.41) is 8.54. The topological polar surface area (TPSA) is 154 Å². The molecule has 3 rings (SSSR count). The van der Waals surface area contributed by atoms with E-state index in [1.165, 1.54) is 16.2 Å². The van der Waals surface area contributed by atoms with Crippen LogP contribution in [0, 0.1) is 0 Å². The number of aromatic nitrogens is 3. The number of rotatable bonds is 15. The van der Waals surface area contributed by atoms with Gasteiger partial charge in [0.05, 0.1) is 42.0 Å². The summed E-state index contributed by atoms with van der Waals surface area (Å²) >= 11 is 1.43. The van der Waals surface area contributed by atoms with Crippen molar-refractivity contribution in [1.29, 1.82) is 0 Å². The molecule has 222 valence electrons. The van der Waals surface area contributed by atoms with Crippen LogP contribution in [0.25, 0.3) is 0 Å². The van der Waals surface area contributed by atoms with Crippen molar-refractivity contribution in [1.82, 2.24) is 40.7 Å². The van der Waals surface area contributed by atoms with E-state index in [0.717, 1.165) is 29.5 Å². The maximum absolute atomic E-state index is 13.1. The quantitative estimate of drug-likeness (QED) is 0.234. The van der Waals surface area contributed by atoms with Gasteiger partial charge < -0.3 is 35.3 Å². The number of morpholine rings is 1. The molecule has 1 fully saturated rings. The molecule has 0 saturated carbocycles. The second-order valence-corrected chi connectivity index (χ2v) is 11.0. The van der Waals surface area contributed by atoms with Gasteiger partial charge in [-0.25, -0.2) is 14.6 Å². The van der Waals surface area contributed by atoms with E-state index in [1.807, 2.05) is 13.8 Å². The monoisotopic (exact) mass is 578 g/mol. The van der Waals surface area contributed by atoms with Crippen molar-refractivity contribution in [3.63, 3.8) is 0 Å². The number of aromatic amines is 1. The third kappa shape index (κ3) is 11.1. The number of urea groups is 1. The second kappa shape index (κ2) is 16.8. The fourth-order valence-electron chi connectivity index (χ4n) is 4.02. The Morgan fingerprint density at radius 2 is 1.93 bits per heavy atom. The molecule has 0 unspecified atom stereocenters. The summed E-state index contributed by atoms with van der Waals surface area (Å²) in [5.74, 6) is 0.907. The van der Waals surface area contributed by atoms with Crippen molar-refractivity contribution in [2.75, 3.05) is 53.0 Å². The van der Waals surface area contributed by atoms with Gasteiger partial charge in [0, 0.05) is 51.9 Å². The average Bonchev–Trinajstić information content (AvgIpc) is 3.64. The first kappa shape index (κ1) is 31.3. The van der Waals surface area contributed by atoms with Gasteiger partial charge in [0.25, 0.3) is 0 Å². The molecule has 1 aliphatic rings. The lowest BCUT2D eigenvalue weighted by atomic mass is 10.1. The average molecular weight is 579 g/mol. The zero-order valence-electron chi connectivity index (χ0n) is 23.6. The molecule has 0 spiro atoms. The lowest BCUT2D eigenvalue weighted by Crippen LogP contribution is -2.52. The van der Waals surface area contributed by atoms with Crippen LogP contribution in [0.3, 0.4) is 0 Å². The number of H-pyrrole nitrogens is 1. The zero-order valence-corrected chi connectivity index (χ0v) is 24.4. The number of ether oxygens (including phenoxy) is 2. The number of carbonyl (C=O) groups excluding carboxylic acids is 3. The number of imidazole rings is 1. The predicted molar refractivity (Wildman–Crippen MR) is 151 cm³/mol. The smallest absolute Gasteiger partial charge is 0.407 e. The van der Waals surface area contributed by atoms with Gasteiger partial charge in [-0.15, -0.1) is 11.3 Å². The number of hydrogen-bond acceptors (Lipinski definition) is 9. The highest BCUT2D eigenvalue weighted by molar-refractivity contribution is 7.09. The Labute approximate surface area is 239 Å². The Kier molecular flexibility index (Phi) is 13.1. The molecule has 0 radical (unpaired) electrons.